The maximum atomic E-state index is 9.81. The molecule has 5 heteroatoms. The predicted molar refractivity (Wildman–Crippen MR) is 113 cm³/mol. The number of hydrogen-bond donors (Lipinski definition) is 0. The van der Waals surface area contributed by atoms with Crippen LogP contribution in [0.15, 0.2) is 86.6 Å². The van der Waals surface area contributed by atoms with Crippen LogP contribution in [0.3, 0.4) is 0 Å². The molecule has 4 nitrogen and oxygen atoms in total. The van der Waals surface area contributed by atoms with Crippen molar-refractivity contribution in [2.75, 3.05) is 0 Å². The van der Waals surface area contributed by atoms with Gasteiger partial charge in [-0.1, -0.05) is 60.7 Å². The van der Waals surface area contributed by atoms with Gasteiger partial charge in [0.2, 0.25) is 5.88 Å². The molecule has 4 aromatic rings. The molecule has 0 fully saturated rings. The Morgan fingerprint density at radius 3 is 2.11 bits per heavy atom. The van der Waals surface area contributed by atoms with Gasteiger partial charge in [-0.2, -0.15) is 5.26 Å². The van der Waals surface area contributed by atoms with Gasteiger partial charge in [-0.05, 0) is 40.3 Å². The molecule has 2 aromatic carbocycles. The van der Waals surface area contributed by atoms with E-state index >= 15 is 0 Å². The third kappa shape index (κ3) is 3.57. The summed E-state index contributed by atoms with van der Waals surface area (Å²) in [4.78, 5) is 4.38. The maximum absolute atomic E-state index is 9.81. The normalized spacial score (nSPS) is 11.0. The number of halogens is 1. The van der Waals surface area contributed by atoms with E-state index in [1.807, 2.05) is 72.8 Å². The topological polar surface area (TPSA) is 62.4 Å². The number of furan rings is 2. The Morgan fingerprint density at radius 1 is 0.852 bits per heavy atom. The van der Waals surface area contributed by atoms with Gasteiger partial charge in [0.05, 0.1) is 6.21 Å². The predicted octanol–water partition coefficient (Wildman–Crippen LogP) is 6.43. The summed E-state index contributed by atoms with van der Waals surface area (Å²) in [5.74, 6) is 1.49. The lowest BCUT2D eigenvalue weighted by Gasteiger charge is -2.03. The zero-order valence-corrected chi connectivity index (χ0v) is 16.3. The number of benzene rings is 2. The molecule has 0 spiro atoms. The molecule has 0 atom stereocenters. The second-order valence-corrected chi connectivity index (χ2v) is 6.79. The van der Waals surface area contributed by atoms with Gasteiger partial charge in [0.1, 0.15) is 23.2 Å². The molecule has 0 radical (unpaired) electrons. The van der Waals surface area contributed by atoms with Crippen molar-refractivity contribution in [3.63, 3.8) is 0 Å². The maximum Gasteiger partial charge on any atom is 0.238 e. The molecule has 0 N–H and O–H groups in total. The van der Waals surface area contributed by atoms with Crippen LogP contribution in [-0.4, -0.2) is 6.21 Å². The van der Waals surface area contributed by atoms with E-state index in [0.29, 0.717) is 17.1 Å². The number of nitriles is 1. The first-order valence-electron chi connectivity index (χ1n) is 8.23. The largest absolute Gasteiger partial charge is 0.449 e. The second-order valence-electron chi connectivity index (χ2n) is 5.73. The molecule has 0 amide bonds. The fourth-order valence-electron chi connectivity index (χ4n) is 2.81. The smallest absolute Gasteiger partial charge is 0.238 e. The molecular weight excluding hydrogens is 451 g/mol. The van der Waals surface area contributed by atoms with Crippen molar-refractivity contribution in [3.8, 4) is 28.5 Å². The standard InChI is InChI=1S/C22H13IN2O2/c23-19-12-11-17(26-19)14-25-22-18(13-24)20(15-7-3-1-4-8-15)21(27-22)16-9-5-2-6-10-16/h1-12,14H. The van der Waals surface area contributed by atoms with Gasteiger partial charge in [0, 0.05) is 11.1 Å². The summed E-state index contributed by atoms with van der Waals surface area (Å²) in [6.07, 6.45) is 1.56. The number of nitrogens with zero attached hydrogens (tertiary/aromatic N) is 2. The van der Waals surface area contributed by atoms with Crippen molar-refractivity contribution in [3.05, 3.63) is 87.9 Å². The van der Waals surface area contributed by atoms with Crippen LogP contribution in [0.5, 0.6) is 0 Å². The minimum atomic E-state index is 0.265. The van der Waals surface area contributed by atoms with Crippen molar-refractivity contribution in [2.24, 2.45) is 4.99 Å². The first kappa shape index (κ1) is 17.3. The van der Waals surface area contributed by atoms with Crippen molar-refractivity contribution in [2.45, 2.75) is 0 Å². The van der Waals surface area contributed by atoms with Crippen molar-refractivity contribution in [1.82, 2.24) is 0 Å². The molecule has 0 saturated carbocycles. The van der Waals surface area contributed by atoms with E-state index in [1.165, 1.54) is 0 Å². The Bertz CT molecular complexity index is 1140. The van der Waals surface area contributed by atoms with Crippen LogP contribution in [-0.2, 0) is 0 Å². The van der Waals surface area contributed by atoms with E-state index < -0.39 is 0 Å². The molecule has 0 aliphatic heterocycles. The molecule has 2 aromatic heterocycles. The Hall–Kier alpha value is -3.11. The SMILES string of the molecule is N#Cc1c(N=Cc2ccc(I)o2)oc(-c2ccccc2)c1-c1ccccc1. The lowest BCUT2D eigenvalue weighted by atomic mass is 9.98. The van der Waals surface area contributed by atoms with E-state index in [2.05, 4.69) is 33.7 Å². The summed E-state index contributed by atoms with van der Waals surface area (Å²) in [5.41, 5.74) is 2.94. The Kier molecular flexibility index (Phi) is 4.90. The van der Waals surface area contributed by atoms with Gasteiger partial charge < -0.3 is 8.83 Å². The summed E-state index contributed by atoms with van der Waals surface area (Å²) in [6.45, 7) is 0. The van der Waals surface area contributed by atoms with Crippen LogP contribution in [0, 0.1) is 15.1 Å². The van der Waals surface area contributed by atoms with E-state index in [0.717, 1.165) is 20.5 Å². The minimum Gasteiger partial charge on any atom is -0.449 e. The first-order chi connectivity index (χ1) is 13.3. The summed E-state index contributed by atoms with van der Waals surface area (Å²) in [6, 6.07) is 25.4. The summed E-state index contributed by atoms with van der Waals surface area (Å²) in [5, 5.41) is 9.81. The van der Waals surface area contributed by atoms with E-state index in [9.17, 15) is 5.26 Å². The van der Waals surface area contributed by atoms with Crippen LogP contribution in [0.1, 0.15) is 11.3 Å². The van der Waals surface area contributed by atoms with Gasteiger partial charge in [0.15, 0.2) is 3.77 Å². The molecular formula is C22H13IN2O2. The number of hydrogen-bond acceptors (Lipinski definition) is 4. The molecule has 2 heterocycles. The first-order valence-corrected chi connectivity index (χ1v) is 9.31. The highest BCUT2D eigenvalue weighted by atomic mass is 127. The Balaban J connectivity index is 1.89. The summed E-state index contributed by atoms with van der Waals surface area (Å²) in [7, 11) is 0. The molecule has 130 valence electrons. The molecule has 0 bridgehead atoms. The van der Waals surface area contributed by atoms with Gasteiger partial charge in [0.25, 0.3) is 0 Å². The fourth-order valence-corrected chi connectivity index (χ4v) is 3.24. The van der Waals surface area contributed by atoms with E-state index in [4.69, 9.17) is 8.83 Å². The van der Waals surface area contributed by atoms with Gasteiger partial charge in [-0.15, -0.1) is 0 Å². The lowest BCUT2D eigenvalue weighted by molar-refractivity contribution is 0.531. The third-order valence-electron chi connectivity index (χ3n) is 4.00. The van der Waals surface area contributed by atoms with E-state index in [-0.39, 0.29) is 5.88 Å². The number of aliphatic imine (C=N–C) groups is 1. The summed E-state index contributed by atoms with van der Waals surface area (Å²) < 4.78 is 12.3. The highest BCUT2D eigenvalue weighted by Gasteiger charge is 2.22. The zero-order chi connectivity index (χ0) is 18.6. The van der Waals surface area contributed by atoms with Crippen LogP contribution < -0.4 is 0 Å². The van der Waals surface area contributed by atoms with Gasteiger partial charge in [-0.3, -0.25) is 0 Å². The Morgan fingerprint density at radius 2 is 1.52 bits per heavy atom. The van der Waals surface area contributed by atoms with Gasteiger partial charge in [-0.25, -0.2) is 4.99 Å². The lowest BCUT2D eigenvalue weighted by Crippen LogP contribution is -1.83. The third-order valence-corrected chi connectivity index (χ3v) is 4.58. The van der Waals surface area contributed by atoms with Crippen LogP contribution in [0.4, 0.5) is 5.88 Å². The Labute approximate surface area is 169 Å². The molecule has 0 aliphatic carbocycles. The van der Waals surface area contributed by atoms with Crippen molar-refractivity contribution >= 4 is 34.7 Å². The average molecular weight is 464 g/mol. The highest BCUT2D eigenvalue weighted by Crippen LogP contribution is 2.42. The molecule has 27 heavy (non-hydrogen) atoms. The second kappa shape index (κ2) is 7.64. The minimum absolute atomic E-state index is 0.265. The molecule has 0 saturated heterocycles. The number of rotatable bonds is 4. The highest BCUT2D eigenvalue weighted by molar-refractivity contribution is 14.1. The quantitative estimate of drug-likeness (QED) is 0.258. The average Bonchev–Trinajstić information content (AvgIpc) is 3.30. The monoisotopic (exact) mass is 464 g/mol. The van der Waals surface area contributed by atoms with Crippen LogP contribution >= 0.6 is 22.6 Å². The molecule has 0 unspecified atom stereocenters. The molecule has 0 aliphatic rings. The van der Waals surface area contributed by atoms with Crippen LogP contribution in [0.2, 0.25) is 0 Å². The van der Waals surface area contributed by atoms with Gasteiger partial charge >= 0.3 is 0 Å². The fraction of sp³-hybridized carbons (Fsp3) is 0. The van der Waals surface area contributed by atoms with E-state index in [1.54, 1.807) is 6.21 Å². The van der Waals surface area contributed by atoms with Crippen molar-refractivity contribution < 1.29 is 8.83 Å². The summed E-state index contributed by atoms with van der Waals surface area (Å²) >= 11 is 2.09. The zero-order valence-electron chi connectivity index (χ0n) is 14.1. The van der Waals surface area contributed by atoms with Crippen molar-refractivity contribution in [1.29, 1.82) is 5.26 Å². The molecule has 4 rings (SSSR count). The van der Waals surface area contributed by atoms with Crippen LogP contribution in [0.25, 0.3) is 22.5 Å².